The number of aliphatic hydroxyl groups is 3. The highest BCUT2D eigenvalue weighted by Crippen LogP contribution is 2.24. The Kier molecular flexibility index (Phi) is 5.09. The molecule has 144 valence electrons. The van der Waals surface area contributed by atoms with Crippen LogP contribution in [-0.2, 0) is 6.54 Å². The van der Waals surface area contributed by atoms with Crippen molar-refractivity contribution in [2.24, 2.45) is 0 Å². The Labute approximate surface area is 154 Å². The van der Waals surface area contributed by atoms with Crippen molar-refractivity contribution in [2.75, 3.05) is 0 Å². The molecule has 3 atom stereocenters. The fourth-order valence-corrected chi connectivity index (χ4v) is 3.03. The summed E-state index contributed by atoms with van der Waals surface area (Å²) in [5.74, 6) is 0.0109. The topological polar surface area (TPSA) is 141 Å². The van der Waals surface area contributed by atoms with Crippen LogP contribution in [0.2, 0.25) is 0 Å². The molecule has 0 spiro atoms. The second-order valence-electron chi connectivity index (χ2n) is 6.72. The van der Waals surface area contributed by atoms with E-state index in [2.05, 4.69) is 15.0 Å². The molecule has 1 aromatic carbocycles. The van der Waals surface area contributed by atoms with Gasteiger partial charge < -0.3 is 19.9 Å². The van der Waals surface area contributed by atoms with Crippen LogP contribution in [0.1, 0.15) is 24.5 Å². The number of nitrogens with zero attached hydrogens (tertiary/aromatic N) is 3. The van der Waals surface area contributed by atoms with Gasteiger partial charge in [0.1, 0.15) is 12.2 Å². The fourth-order valence-electron chi connectivity index (χ4n) is 3.03. The molecule has 1 aromatic rings. The predicted octanol–water partition coefficient (Wildman–Crippen LogP) is -0.306. The van der Waals surface area contributed by atoms with Gasteiger partial charge in [0.15, 0.2) is 11.5 Å². The van der Waals surface area contributed by atoms with Gasteiger partial charge in [-0.1, -0.05) is 6.92 Å². The quantitative estimate of drug-likeness (QED) is 0.449. The molecular weight excluding hydrogens is 352 g/mol. The number of hydrogen-bond donors (Lipinski definition) is 4. The van der Waals surface area contributed by atoms with Crippen molar-refractivity contribution in [3.8, 4) is 11.5 Å². The van der Waals surface area contributed by atoms with E-state index in [1.807, 2.05) is 19.9 Å². The van der Waals surface area contributed by atoms with Crippen LogP contribution >= 0.6 is 0 Å². The van der Waals surface area contributed by atoms with Gasteiger partial charge in [-0.15, -0.1) is 0 Å². The Hall–Kier alpha value is -2.62. The summed E-state index contributed by atoms with van der Waals surface area (Å²) in [5, 5.41) is 30.3. The van der Waals surface area contributed by atoms with Crippen molar-refractivity contribution in [1.29, 1.82) is 0 Å². The molecule has 0 fully saturated rings. The first kappa shape index (κ1) is 19.2. The maximum atomic E-state index is 12.2. The van der Waals surface area contributed by atoms with Gasteiger partial charge >= 0.3 is 5.69 Å². The van der Waals surface area contributed by atoms with Crippen LogP contribution < -0.4 is 11.2 Å². The molecule has 0 amide bonds. The molecule has 0 radical (unpaired) electrons. The van der Waals surface area contributed by atoms with Gasteiger partial charge in [0.25, 0.3) is 5.56 Å². The second-order valence-corrected chi connectivity index (χ2v) is 6.72. The summed E-state index contributed by atoms with van der Waals surface area (Å²) in [6.07, 6.45) is -3.56. The third-order valence-electron chi connectivity index (χ3n) is 4.80. The molecule has 9 nitrogen and oxygen atoms in total. The Morgan fingerprint density at radius 3 is 2.41 bits per heavy atom. The van der Waals surface area contributed by atoms with Gasteiger partial charge in [0, 0.05) is 0 Å². The lowest BCUT2D eigenvalue weighted by atomic mass is 10.0. The highest BCUT2D eigenvalue weighted by molar-refractivity contribution is 5.81. The molecule has 2 aliphatic heterocycles. The first-order valence-corrected chi connectivity index (χ1v) is 8.69. The molecule has 0 aromatic heterocycles. The molecule has 0 aliphatic carbocycles. The lowest BCUT2D eigenvalue weighted by Gasteiger charge is -2.25. The Morgan fingerprint density at radius 2 is 1.74 bits per heavy atom. The van der Waals surface area contributed by atoms with Crippen LogP contribution in [0.3, 0.4) is 0 Å². The molecule has 0 bridgehead atoms. The monoisotopic (exact) mass is 374 g/mol. The fraction of sp³-hybridized carbons (Fsp3) is 0.444. The number of H-pyrrole nitrogens is 1. The van der Waals surface area contributed by atoms with Crippen molar-refractivity contribution < 1.29 is 15.3 Å². The molecule has 9 heteroatoms. The molecule has 0 saturated carbocycles. The molecule has 2 heterocycles. The number of aromatic amines is 1. The predicted molar refractivity (Wildman–Crippen MR) is 98.8 cm³/mol. The third-order valence-corrected chi connectivity index (χ3v) is 4.80. The van der Waals surface area contributed by atoms with Crippen LogP contribution in [0, 0.1) is 13.8 Å². The number of aromatic nitrogens is 4. The second kappa shape index (κ2) is 7.18. The molecule has 2 aliphatic rings. The molecule has 3 rings (SSSR count). The first-order chi connectivity index (χ1) is 12.7. The maximum absolute atomic E-state index is 12.2. The maximum Gasteiger partial charge on any atom is 0.349 e. The highest BCUT2D eigenvalue weighted by Gasteiger charge is 2.27. The minimum absolute atomic E-state index is 0.0109. The standard InChI is InChI=1S/C18H22N4O5/c1-4-12(23)15(25)13(24)7-22-11-6-9(3)8(2)5-10(11)19-14-16(22)20-18(27)21-17(14)26/h5-6,12-13,15,23-25H,4,7H2,1-3H3,(H,21,26,27)/t12-,13+,15-/m1/s1. The van der Waals surface area contributed by atoms with Gasteiger partial charge in [-0.3, -0.25) is 9.78 Å². The van der Waals surface area contributed by atoms with Gasteiger partial charge in [-0.05, 0) is 43.5 Å². The van der Waals surface area contributed by atoms with Crippen LogP contribution in [0.15, 0.2) is 21.7 Å². The lowest BCUT2D eigenvalue weighted by molar-refractivity contribution is -0.0648. The van der Waals surface area contributed by atoms with Crippen LogP contribution in [-0.4, -0.2) is 53.2 Å². The molecule has 0 saturated heterocycles. The minimum atomic E-state index is -1.39. The highest BCUT2D eigenvalue weighted by atomic mass is 16.4. The minimum Gasteiger partial charge on any atom is -0.390 e. The summed E-state index contributed by atoms with van der Waals surface area (Å²) in [5.41, 5.74) is 1.43. The van der Waals surface area contributed by atoms with Gasteiger partial charge in [0.2, 0.25) is 0 Å². The zero-order valence-corrected chi connectivity index (χ0v) is 15.3. The van der Waals surface area contributed by atoms with Crippen molar-refractivity contribution >= 4 is 11.0 Å². The van der Waals surface area contributed by atoms with E-state index in [4.69, 9.17) is 0 Å². The SMILES string of the molecule is CC[C@@H](O)[C@@H](O)[C@@H](O)Cn1c2nc(=O)[nH]c(=O)c-2nc2cc(C)c(C)cc21. The largest absolute Gasteiger partial charge is 0.390 e. The number of rotatable bonds is 5. The van der Waals surface area contributed by atoms with E-state index >= 15 is 0 Å². The normalized spacial score (nSPS) is 15.2. The van der Waals surface area contributed by atoms with E-state index in [1.165, 1.54) is 4.57 Å². The van der Waals surface area contributed by atoms with Gasteiger partial charge in [-0.25, -0.2) is 9.78 Å². The number of benzene rings is 1. The number of aryl methyl sites for hydroxylation is 2. The Bertz CT molecular complexity index is 1070. The van der Waals surface area contributed by atoms with Crippen molar-refractivity contribution in [3.05, 3.63) is 44.1 Å². The van der Waals surface area contributed by atoms with Crippen LogP contribution in [0.5, 0.6) is 0 Å². The van der Waals surface area contributed by atoms with E-state index in [9.17, 15) is 24.9 Å². The van der Waals surface area contributed by atoms with Crippen molar-refractivity contribution in [2.45, 2.75) is 52.0 Å². The van der Waals surface area contributed by atoms with Gasteiger partial charge in [0.05, 0.1) is 23.7 Å². The van der Waals surface area contributed by atoms with E-state index in [-0.39, 0.29) is 24.5 Å². The lowest BCUT2D eigenvalue weighted by Crippen LogP contribution is -2.40. The third kappa shape index (κ3) is 3.48. The summed E-state index contributed by atoms with van der Waals surface area (Å²) in [4.78, 5) is 34.2. The zero-order valence-electron chi connectivity index (χ0n) is 15.3. The average molecular weight is 374 g/mol. The summed E-state index contributed by atoms with van der Waals surface area (Å²) in [7, 11) is 0. The van der Waals surface area contributed by atoms with Crippen molar-refractivity contribution in [1.82, 2.24) is 19.5 Å². The van der Waals surface area contributed by atoms with Crippen LogP contribution in [0.25, 0.3) is 22.6 Å². The van der Waals surface area contributed by atoms with E-state index in [0.29, 0.717) is 11.0 Å². The van der Waals surface area contributed by atoms with Crippen molar-refractivity contribution in [3.63, 3.8) is 0 Å². The number of aliphatic hydroxyl groups excluding tert-OH is 3. The number of nitrogens with one attached hydrogen (secondary N) is 1. The Morgan fingerprint density at radius 1 is 1.07 bits per heavy atom. The summed E-state index contributed by atoms with van der Waals surface area (Å²) in [6.45, 7) is 5.32. The summed E-state index contributed by atoms with van der Waals surface area (Å²) in [6, 6.07) is 3.62. The summed E-state index contributed by atoms with van der Waals surface area (Å²) >= 11 is 0. The van der Waals surface area contributed by atoms with E-state index < -0.39 is 29.6 Å². The first-order valence-electron chi connectivity index (χ1n) is 8.69. The summed E-state index contributed by atoms with van der Waals surface area (Å²) < 4.78 is 1.48. The molecular formula is C18H22N4O5. The van der Waals surface area contributed by atoms with Crippen LogP contribution in [0.4, 0.5) is 0 Å². The smallest absolute Gasteiger partial charge is 0.349 e. The van der Waals surface area contributed by atoms with Gasteiger partial charge in [-0.2, -0.15) is 4.98 Å². The molecule has 0 unspecified atom stereocenters. The number of hydrogen-bond acceptors (Lipinski definition) is 7. The number of fused-ring (bicyclic) bond motifs is 2. The average Bonchev–Trinajstić information content (AvgIpc) is 2.62. The van der Waals surface area contributed by atoms with E-state index in [0.717, 1.165) is 11.1 Å². The zero-order chi connectivity index (χ0) is 19.9. The van der Waals surface area contributed by atoms with E-state index in [1.54, 1.807) is 13.0 Å². The Balaban J connectivity index is 2.28. The molecule has 4 N–H and O–H groups in total. The molecule has 27 heavy (non-hydrogen) atoms.